The Morgan fingerprint density at radius 2 is 2.06 bits per heavy atom. The van der Waals surface area contributed by atoms with E-state index in [1.165, 1.54) is 5.56 Å². The van der Waals surface area contributed by atoms with Gasteiger partial charge in [-0.15, -0.1) is 0 Å². The monoisotopic (exact) mass is 413 g/mol. The van der Waals surface area contributed by atoms with Crippen LogP contribution in [0.5, 0.6) is 5.75 Å². The van der Waals surface area contributed by atoms with Gasteiger partial charge in [-0.05, 0) is 67.0 Å². The van der Waals surface area contributed by atoms with Gasteiger partial charge in [-0.25, -0.2) is 4.39 Å². The van der Waals surface area contributed by atoms with Crippen LogP contribution in [-0.4, -0.2) is 11.5 Å². The van der Waals surface area contributed by atoms with E-state index < -0.39 is 0 Å². The molecule has 1 fully saturated rings. The molecule has 0 bridgehead atoms. The summed E-state index contributed by atoms with van der Waals surface area (Å²) in [4.78, 5) is 4.54. The van der Waals surface area contributed by atoms with Crippen molar-refractivity contribution in [3.8, 4) is 23.1 Å². The molecule has 31 heavy (non-hydrogen) atoms. The highest BCUT2D eigenvalue weighted by Gasteiger charge is 2.27. The van der Waals surface area contributed by atoms with Crippen LogP contribution in [0.3, 0.4) is 0 Å². The molecular formula is C26H24FN3O. The zero-order chi connectivity index (χ0) is 21.2. The van der Waals surface area contributed by atoms with Gasteiger partial charge in [0.25, 0.3) is 0 Å². The van der Waals surface area contributed by atoms with E-state index in [4.69, 9.17) is 10.00 Å². The summed E-state index contributed by atoms with van der Waals surface area (Å²) >= 11 is 0. The first-order valence-corrected chi connectivity index (χ1v) is 10.9. The van der Waals surface area contributed by atoms with E-state index in [1.807, 2.05) is 36.5 Å². The molecule has 0 unspecified atom stereocenters. The Morgan fingerprint density at radius 1 is 1.16 bits per heavy atom. The lowest BCUT2D eigenvalue weighted by Crippen LogP contribution is -2.13. The molecule has 0 saturated heterocycles. The summed E-state index contributed by atoms with van der Waals surface area (Å²) in [5, 5.41) is 12.5. The maximum Gasteiger partial charge on any atom is 0.174 e. The fourth-order valence-corrected chi connectivity index (χ4v) is 4.34. The standard InChI is InChI=1S/C26H24FN3O/c27-25-22(24-13-23-20(15-30-24)8-3-11-29-23)10-9-21(19-6-2-7-19)26(25)31-16-18-5-1-4-17(12-18)14-28/h1,4-5,9-10,12-13,15,19,29H,2-3,6-8,11,16H2. The van der Waals surface area contributed by atoms with E-state index in [9.17, 15) is 0 Å². The lowest BCUT2D eigenvalue weighted by Gasteiger charge is -2.28. The van der Waals surface area contributed by atoms with Gasteiger partial charge in [0.15, 0.2) is 11.6 Å². The maximum atomic E-state index is 15.8. The van der Waals surface area contributed by atoms with Crippen molar-refractivity contribution in [3.63, 3.8) is 0 Å². The Hall–Kier alpha value is -3.39. The Balaban J connectivity index is 1.50. The minimum atomic E-state index is -0.357. The van der Waals surface area contributed by atoms with Crippen LogP contribution in [0.25, 0.3) is 11.3 Å². The Bertz CT molecular complexity index is 1160. The molecule has 0 spiro atoms. The van der Waals surface area contributed by atoms with Crippen LogP contribution < -0.4 is 10.1 Å². The highest BCUT2D eigenvalue weighted by atomic mass is 19.1. The van der Waals surface area contributed by atoms with Crippen LogP contribution in [0.2, 0.25) is 0 Å². The molecule has 2 aromatic carbocycles. The van der Waals surface area contributed by atoms with Crippen molar-refractivity contribution in [2.24, 2.45) is 0 Å². The number of nitrogens with one attached hydrogen (secondary N) is 1. The average molecular weight is 413 g/mol. The van der Waals surface area contributed by atoms with Gasteiger partial charge in [0.05, 0.1) is 17.3 Å². The highest BCUT2D eigenvalue weighted by molar-refractivity contribution is 5.69. The molecule has 5 heteroatoms. The maximum absolute atomic E-state index is 15.8. The summed E-state index contributed by atoms with van der Waals surface area (Å²) in [6.45, 7) is 1.14. The minimum absolute atomic E-state index is 0.217. The van der Waals surface area contributed by atoms with Crippen molar-refractivity contribution in [3.05, 3.63) is 76.7 Å². The smallest absolute Gasteiger partial charge is 0.174 e. The predicted octanol–water partition coefficient (Wildman–Crippen LogP) is 5.96. The largest absolute Gasteiger partial charge is 0.486 e. The third-order valence-corrected chi connectivity index (χ3v) is 6.31. The van der Waals surface area contributed by atoms with Crippen molar-refractivity contribution in [2.75, 3.05) is 11.9 Å². The normalized spacial score (nSPS) is 15.4. The first-order chi connectivity index (χ1) is 15.2. The lowest BCUT2D eigenvalue weighted by molar-refractivity contribution is 0.278. The summed E-state index contributed by atoms with van der Waals surface area (Å²) in [6.07, 6.45) is 7.21. The number of pyridine rings is 1. The molecule has 1 aliphatic carbocycles. The van der Waals surface area contributed by atoms with E-state index in [0.29, 0.717) is 28.5 Å². The number of ether oxygens (including phenoxy) is 1. The second kappa shape index (κ2) is 8.39. The van der Waals surface area contributed by atoms with Crippen LogP contribution >= 0.6 is 0 Å². The summed E-state index contributed by atoms with van der Waals surface area (Å²) in [6, 6.07) is 15.2. The fourth-order valence-electron chi connectivity index (χ4n) is 4.34. The Morgan fingerprint density at radius 3 is 2.87 bits per heavy atom. The van der Waals surface area contributed by atoms with Crippen molar-refractivity contribution in [1.82, 2.24) is 4.98 Å². The first-order valence-electron chi connectivity index (χ1n) is 10.9. The number of benzene rings is 2. The molecule has 4 nitrogen and oxygen atoms in total. The molecule has 5 rings (SSSR count). The number of anilines is 1. The number of halogens is 1. The molecule has 2 heterocycles. The van der Waals surface area contributed by atoms with E-state index in [2.05, 4.69) is 16.4 Å². The van der Waals surface area contributed by atoms with Gasteiger partial charge in [0.1, 0.15) is 6.61 Å². The summed E-state index contributed by atoms with van der Waals surface area (Å²) in [7, 11) is 0. The van der Waals surface area contributed by atoms with E-state index in [0.717, 1.165) is 55.5 Å². The van der Waals surface area contributed by atoms with Gasteiger partial charge in [-0.3, -0.25) is 4.98 Å². The zero-order valence-corrected chi connectivity index (χ0v) is 17.3. The van der Waals surface area contributed by atoms with Gasteiger partial charge in [0.2, 0.25) is 0 Å². The minimum Gasteiger partial charge on any atom is -0.486 e. The number of fused-ring (bicyclic) bond motifs is 1. The summed E-state index contributed by atoms with van der Waals surface area (Å²) in [5.41, 5.74) is 5.63. The molecule has 1 aromatic heterocycles. The van der Waals surface area contributed by atoms with Gasteiger partial charge in [-0.1, -0.05) is 24.6 Å². The third-order valence-electron chi connectivity index (χ3n) is 6.31. The fraction of sp³-hybridized carbons (Fsp3) is 0.308. The van der Waals surface area contributed by atoms with Gasteiger partial charge in [-0.2, -0.15) is 5.26 Å². The lowest BCUT2D eigenvalue weighted by atomic mass is 9.79. The second-order valence-electron chi connectivity index (χ2n) is 8.33. The molecule has 1 N–H and O–H groups in total. The summed E-state index contributed by atoms with van der Waals surface area (Å²) in [5.74, 6) is 0.295. The molecule has 0 radical (unpaired) electrons. The molecule has 1 saturated carbocycles. The Kier molecular flexibility index (Phi) is 5.30. The number of nitriles is 1. The van der Waals surface area contributed by atoms with Crippen LogP contribution in [0.4, 0.5) is 10.1 Å². The van der Waals surface area contributed by atoms with Gasteiger partial charge in [0, 0.05) is 29.6 Å². The third kappa shape index (κ3) is 3.86. The first kappa shape index (κ1) is 19.6. The topological polar surface area (TPSA) is 57.9 Å². The second-order valence-corrected chi connectivity index (χ2v) is 8.33. The molecule has 0 amide bonds. The summed E-state index contributed by atoms with van der Waals surface area (Å²) < 4.78 is 21.8. The number of aryl methyl sites for hydroxylation is 1. The molecule has 0 atom stereocenters. The molecule has 1 aliphatic heterocycles. The van der Waals surface area contributed by atoms with Crippen molar-refractivity contribution in [1.29, 1.82) is 5.26 Å². The SMILES string of the molecule is N#Cc1cccc(COc2c(C3CCC3)ccc(-c3cc4c(cn3)CCCN4)c2F)c1. The van der Waals surface area contributed by atoms with Crippen molar-refractivity contribution >= 4 is 5.69 Å². The van der Waals surface area contributed by atoms with Crippen LogP contribution in [0.15, 0.2) is 48.7 Å². The number of hydrogen-bond donors (Lipinski definition) is 1. The van der Waals surface area contributed by atoms with Gasteiger partial charge >= 0.3 is 0 Å². The molecule has 2 aliphatic rings. The van der Waals surface area contributed by atoms with Crippen LogP contribution in [-0.2, 0) is 13.0 Å². The molecule has 156 valence electrons. The highest BCUT2D eigenvalue weighted by Crippen LogP contribution is 2.44. The Labute approximate surface area is 181 Å². The van der Waals surface area contributed by atoms with Crippen LogP contribution in [0, 0.1) is 17.1 Å². The van der Waals surface area contributed by atoms with E-state index in [1.54, 1.807) is 12.1 Å². The number of hydrogen-bond acceptors (Lipinski definition) is 4. The number of rotatable bonds is 5. The number of nitrogens with zero attached hydrogens (tertiary/aromatic N) is 2. The molecule has 3 aromatic rings. The van der Waals surface area contributed by atoms with Gasteiger partial charge < -0.3 is 10.1 Å². The number of aromatic nitrogens is 1. The predicted molar refractivity (Wildman–Crippen MR) is 119 cm³/mol. The quantitative estimate of drug-likeness (QED) is 0.560. The zero-order valence-electron chi connectivity index (χ0n) is 17.3. The molecular weight excluding hydrogens is 389 g/mol. The van der Waals surface area contributed by atoms with Crippen LogP contribution in [0.1, 0.15) is 53.9 Å². The van der Waals surface area contributed by atoms with Crippen molar-refractivity contribution in [2.45, 2.75) is 44.6 Å². The average Bonchev–Trinajstić information content (AvgIpc) is 2.77. The van der Waals surface area contributed by atoms with Crippen molar-refractivity contribution < 1.29 is 9.13 Å². The van der Waals surface area contributed by atoms with E-state index >= 15 is 4.39 Å². The van der Waals surface area contributed by atoms with E-state index in [-0.39, 0.29) is 12.4 Å².